The maximum Gasteiger partial charge on any atom is 0.0813 e. The summed E-state index contributed by atoms with van der Waals surface area (Å²) < 4.78 is 5.75. The number of hydrogen-bond acceptors (Lipinski definition) is 3. The van der Waals surface area contributed by atoms with E-state index in [0.717, 1.165) is 4.88 Å². The van der Waals surface area contributed by atoms with Gasteiger partial charge in [0.2, 0.25) is 0 Å². The summed E-state index contributed by atoms with van der Waals surface area (Å²) in [6, 6.07) is 4.06. The molecule has 0 aromatic carbocycles. The molecule has 0 saturated heterocycles. The molecule has 1 atom stereocenters. The predicted molar refractivity (Wildman–Crippen MR) is 72.0 cm³/mol. The van der Waals surface area contributed by atoms with Gasteiger partial charge < -0.3 is 9.84 Å². The minimum absolute atomic E-state index is 0.125. The Balaban J connectivity index is 2.44. The van der Waals surface area contributed by atoms with Gasteiger partial charge in [-0.05, 0) is 25.0 Å². The highest BCUT2D eigenvalue weighted by Crippen LogP contribution is 2.18. The number of rotatable bonds is 5. The van der Waals surface area contributed by atoms with Crippen LogP contribution in [0, 0.1) is 17.8 Å². The summed E-state index contributed by atoms with van der Waals surface area (Å²) in [4.78, 5) is 2.24. The Hall–Kier alpha value is -0.820. The van der Waals surface area contributed by atoms with Crippen molar-refractivity contribution in [3.05, 3.63) is 21.9 Å². The summed E-state index contributed by atoms with van der Waals surface area (Å²) in [5.41, 5.74) is 0. The van der Waals surface area contributed by atoms with Crippen LogP contribution < -0.4 is 0 Å². The molecule has 3 heteroatoms. The van der Waals surface area contributed by atoms with Crippen molar-refractivity contribution in [3.8, 4) is 11.8 Å². The van der Waals surface area contributed by atoms with E-state index in [1.807, 2.05) is 6.07 Å². The van der Waals surface area contributed by atoms with Crippen LogP contribution in [0.25, 0.3) is 0 Å². The van der Waals surface area contributed by atoms with Gasteiger partial charge in [0, 0.05) is 11.3 Å². The molecule has 0 amide bonds. The Morgan fingerprint density at radius 2 is 2.12 bits per heavy atom. The van der Waals surface area contributed by atoms with Gasteiger partial charge in [-0.25, -0.2) is 0 Å². The van der Waals surface area contributed by atoms with Crippen molar-refractivity contribution in [1.82, 2.24) is 0 Å². The SMILES string of the molecule is CC(C)C(C)OCc1ccc(C#CCCO)s1. The molecular formula is C14H20O2S. The van der Waals surface area contributed by atoms with Gasteiger partial charge in [0.25, 0.3) is 0 Å². The molecular weight excluding hydrogens is 232 g/mol. The van der Waals surface area contributed by atoms with Gasteiger partial charge in [-0.1, -0.05) is 25.7 Å². The Labute approximate surface area is 108 Å². The van der Waals surface area contributed by atoms with Crippen LogP contribution in [0.1, 0.15) is 36.9 Å². The van der Waals surface area contributed by atoms with Crippen LogP contribution in [0.3, 0.4) is 0 Å². The second-order valence-corrected chi connectivity index (χ2v) is 5.47. The molecule has 0 spiro atoms. The van der Waals surface area contributed by atoms with Gasteiger partial charge in [-0.2, -0.15) is 0 Å². The lowest BCUT2D eigenvalue weighted by Crippen LogP contribution is -2.14. The average Bonchev–Trinajstić information content (AvgIpc) is 2.74. The van der Waals surface area contributed by atoms with E-state index >= 15 is 0 Å². The summed E-state index contributed by atoms with van der Waals surface area (Å²) in [5.74, 6) is 6.49. The minimum atomic E-state index is 0.125. The third-order valence-corrected chi connectivity index (χ3v) is 3.51. The van der Waals surface area contributed by atoms with Gasteiger partial charge in [0.1, 0.15) is 0 Å². The van der Waals surface area contributed by atoms with Gasteiger partial charge in [0.15, 0.2) is 0 Å². The lowest BCUT2D eigenvalue weighted by molar-refractivity contribution is 0.0249. The second-order valence-electron chi connectivity index (χ2n) is 4.30. The first-order chi connectivity index (χ1) is 8.13. The zero-order valence-electron chi connectivity index (χ0n) is 10.7. The van der Waals surface area contributed by atoms with E-state index in [-0.39, 0.29) is 12.7 Å². The molecule has 94 valence electrons. The van der Waals surface area contributed by atoms with Gasteiger partial charge >= 0.3 is 0 Å². The average molecular weight is 252 g/mol. The standard InChI is InChI=1S/C14H20O2S/c1-11(2)12(3)16-10-14-8-7-13(17-14)6-4-5-9-15/h7-8,11-12,15H,5,9-10H2,1-3H3. The van der Waals surface area contributed by atoms with Crippen LogP contribution in [-0.2, 0) is 11.3 Å². The summed E-state index contributed by atoms with van der Waals surface area (Å²) in [7, 11) is 0. The van der Waals surface area contributed by atoms with Gasteiger partial charge in [0.05, 0.1) is 24.2 Å². The number of hydrogen-bond donors (Lipinski definition) is 1. The van der Waals surface area contributed by atoms with Crippen LogP contribution >= 0.6 is 11.3 Å². The molecule has 1 aromatic heterocycles. The van der Waals surface area contributed by atoms with Gasteiger partial charge in [-0.3, -0.25) is 0 Å². The first kappa shape index (κ1) is 14.2. The number of aliphatic hydroxyl groups is 1. The van der Waals surface area contributed by atoms with Crippen molar-refractivity contribution in [2.45, 2.75) is 39.9 Å². The summed E-state index contributed by atoms with van der Waals surface area (Å²) >= 11 is 1.66. The van der Waals surface area contributed by atoms with Crippen molar-refractivity contribution in [3.63, 3.8) is 0 Å². The summed E-state index contributed by atoms with van der Waals surface area (Å²) in [5, 5.41) is 8.63. The fraction of sp³-hybridized carbons (Fsp3) is 0.571. The molecule has 0 saturated carbocycles. The molecule has 0 fully saturated rings. The van der Waals surface area contributed by atoms with Gasteiger partial charge in [-0.15, -0.1) is 11.3 Å². The summed E-state index contributed by atoms with van der Waals surface area (Å²) in [6.07, 6.45) is 0.815. The predicted octanol–water partition coefficient (Wildman–Crippen LogP) is 3.04. The minimum Gasteiger partial charge on any atom is -0.395 e. The molecule has 0 aliphatic rings. The van der Waals surface area contributed by atoms with Crippen molar-refractivity contribution in [2.75, 3.05) is 6.61 Å². The highest BCUT2D eigenvalue weighted by Gasteiger charge is 2.07. The van der Waals surface area contributed by atoms with E-state index in [2.05, 4.69) is 38.7 Å². The third-order valence-electron chi connectivity index (χ3n) is 2.54. The van der Waals surface area contributed by atoms with Crippen molar-refractivity contribution in [1.29, 1.82) is 0 Å². The molecule has 0 aliphatic carbocycles. The third kappa shape index (κ3) is 5.36. The van der Waals surface area contributed by atoms with E-state index in [0.29, 0.717) is 18.9 Å². The van der Waals surface area contributed by atoms with Crippen LogP contribution in [0.2, 0.25) is 0 Å². The fourth-order valence-electron chi connectivity index (χ4n) is 1.13. The first-order valence-corrected chi connectivity index (χ1v) is 6.75. The number of thiophene rings is 1. The largest absolute Gasteiger partial charge is 0.395 e. The number of aliphatic hydroxyl groups excluding tert-OH is 1. The van der Waals surface area contributed by atoms with E-state index in [1.54, 1.807) is 11.3 Å². The van der Waals surface area contributed by atoms with Crippen molar-refractivity contribution in [2.24, 2.45) is 5.92 Å². The highest BCUT2D eigenvalue weighted by molar-refractivity contribution is 7.12. The lowest BCUT2D eigenvalue weighted by Gasteiger charge is -2.15. The van der Waals surface area contributed by atoms with E-state index in [1.165, 1.54) is 4.88 Å². The molecule has 0 radical (unpaired) electrons. The second kappa shape index (κ2) is 7.50. The molecule has 1 N–H and O–H groups in total. The molecule has 17 heavy (non-hydrogen) atoms. The fourth-order valence-corrected chi connectivity index (χ4v) is 1.94. The maximum atomic E-state index is 8.63. The van der Waals surface area contributed by atoms with E-state index in [9.17, 15) is 0 Å². The van der Waals surface area contributed by atoms with Crippen LogP contribution in [-0.4, -0.2) is 17.8 Å². The topological polar surface area (TPSA) is 29.5 Å². The zero-order valence-corrected chi connectivity index (χ0v) is 11.5. The Kier molecular flexibility index (Phi) is 6.28. The van der Waals surface area contributed by atoms with Crippen LogP contribution in [0.4, 0.5) is 0 Å². The molecule has 1 heterocycles. The molecule has 1 aromatic rings. The summed E-state index contributed by atoms with van der Waals surface area (Å²) in [6.45, 7) is 7.20. The highest BCUT2D eigenvalue weighted by atomic mass is 32.1. The quantitative estimate of drug-likeness (QED) is 0.816. The van der Waals surface area contributed by atoms with Crippen molar-refractivity contribution < 1.29 is 9.84 Å². The molecule has 1 rings (SSSR count). The van der Waals surface area contributed by atoms with Crippen molar-refractivity contribution >= 4 is 11.3 Å². The Morgan fingerprint density at radius 3 is 2.76 bits per heavy atom. The van der Waals surface area contributed by atoms with E-state index in [4.69, 9.17) is 9.84 Å². The molecule has 1 unspecified atom stereocenters. The van der Waals surface area contributed by atoms with Crippen LogP contribution in [0.15, 0.2) is 12.1 Å². The van der Waals surface area contributed by atoms with Crippen LogP contribution in [0.5, 0.6) is 0 Å². The smallest absolute Gasteiger partial charge is 0.0813 e. The Bertz CT molecular complexity index is 384. The van der Waals surface area contributed by atoms with E-state index < -0.39 is 0 Å². The Morgan fingerprint density at radius 1 is 1.35 bits per heavy atom. The molecule has 0 bridgehead atoms. The normalized spacial score (nSPS) is 12.3. The lowest BCUT2D eigenvalue weighted by atomic mass is 10.1. The number of ether oxygens (including phenoxy) is 1. The molecule has 0 aliphatic heterocycles. The first-order valence-electron chi connectivity index (χ1n) is 5.93. The maximum absolute atomic E-state index is 8.63. The molecule has 2 nitrogen and oxygen atoms in total. The zero-order chi connectivity index (χ0) is 12.7. The monoisotopic (exact) mass is 252 g/mol.